The van der Waals surface area contributed by atoms with E-state index in [-0.39, 0.29) is 47.5 Å². The molecule has 2 rings (SSSR count). The molecular weight excluding hydrogens is 945 g/mol. The summed E-state index contributed by atoms with van der Waals surface area (Å²) in [4.78, 5) is -0.215. The first-order valence-electron chi connectivity index (χ1n) is 30.2. The summed E-state index contributed by atoms with van der Waals surface area (Å²) in [5.41, 5.74) is 1.90. The molecule has 2 aromatic carbocycles. The molecular formula is C62H110CaO6S2. The largest absolute Gasteiger partial charge is 2.00 e. The third kappa shape index (κ3) is 47.7. The van der Waals surface area contributed by atoms with Crippen molar-refractivity contribution < 1.29 is 25.9 Å². The molecule has 0 unspecified atom stereocenters. The van der Waals surface area contributed by atoms with Gasteiger partial charge in [-0.3, -0.25) is 0 Å². The quantitative estimate of drug-likeness (QED) is 0.0370. The number of hydrogen-bond acceptors (Lipinski definition) is 6. The van der Waals surface area contributed by atoms with E-state index in [1.807, 2.05) is 12.1 Å². The summed E-state index contributed by atoms with van der Waals surface area (Å²) in [6.07, 6.45) is 65.3. The minimum atomic E-state index is -4.34. The van der Waals surface area contributed by atoms with Crippen molar-refractivity contribution in [1.82, 2.24) is 0 Å². The average molecular weight is 1060 g/mol. The maximum atomic E-state index is 11.1. The fourth-order valence-corrected chi connectivity index (χ4v) is 11.0. The fraction of sp³-hybridized carbons (Fsp3) is 0.806. The Morgan fingerprint density at radius 3 is 0.620 bits per heavy atom. The molecule has 0 N–H and O–H groups in total. The van der Waals surface area contributed by atoms with Gasteiger partial charge in [-0.2, -0.15) is 0 Å². The van der Waals surface area contributed by atoms with Crippen LogP contribution in [0.1, 0.15) is 320 Å². The van der Waals surface area contributed by atoms with Gasteiger partial charge in [-0.15, -0.1) is 0 Å². The molecule has 0 bridgehead atoms. The fourth-order valence-electron chi connectivity index (χ4n) is 9.94. The number of benzene rings is 2. The summed E-state index contributed by atoms with van der Waals surface area (Å²) < 4.78 is 66.6. The van der Waals surface area contributed by atoms with Crippen LogP contribution in [0, 0.1) is 0 Å². The van der Waals surface area contributed by atoms with E-state index in [4.69, 9.17) is 0 Å². The summed E-state index contributed by atoms with van der Waals surface area (Å²) in [6, 6.07) is 13.0. The van der Waals surface area contributed by atoms with Crippen LogP contribution in [0.25, 0.3) is 0 Å². The molecule has 0 saturated heterocycles. The number of hydrogen-bond donors (Lipinski definition) is 0. The molecule has 2 aromatic rings. The maximum Gasteiger partial charge on any atom is 2.00 e. The zero-order valence-corrected chi connectivity index (χ0v) is 50.4. The molecule has 0 aliphatic rings. The van der Waals surface area contributed by atoms with E-state index >= 15 is 0 Å². The van der Waals surface area contributed by atoms with Crippen LogP contribution >= 0.6 is 0 Å². The third-order valence-electron chi connectivity index (χ3n) is 14.5. The number of unbranched alkanes of at least 4 members (excludes halogenated alkanes) is 44. The second-order valence-corrected chi connectivity index (χ2v) is 24.0. The van der Waals surface area contributed by atoms with Gasteiger partial charge in [0.15, 0.2) is 0 Å². The van der Waals surface area contributed by atoms with Crippen LogP contribution in [-0.2, 0) is 33.1 Å². The van der Waals surface area contributed by atoms with Crippen LogP contribution in [-0.4, -0.2) is 63.7 Å². The molecule has 9 heteroatoms. The molecule has 0 spiro atoms. The van der Waals surface area contributed by atoms with E-state index in [0.717, 1.165) is 36.8 Å². The molecule has 0 amide bonds. The normalized spacial score (nSPS) is 11.7. The first-order chi connectivity index (χ1) is 34.1. The van der Waals surface area contributed by atoms with Gasteiger partial charge >= 0.3 is 37.7 Å². The summed E-state index contributed by atoms with van der Waals surface area (Å²) in [7, 11) is -8.68. The molecule has 0 aliphatic carbocycles. The third-order valence-corrected chi connectivity index (χ3v) is 16.2. The van der Waals surface area contributed by atoms with Crippen molar-refractivity contribution >= 4 is 58.0 Å². The van der Waals surface area contributed by atoms with Gasteiger partial charge in [-0.05, 0) is 61.1 Å². The first-order valence-corrected chi connectivity index (χ1v) is 33.0. The van der Waals surface area contributed by atoms with E-state index in [1.165, 1.54) is 307 Å². The molecule has 0 atom stereocenters. The molecule has 0 radical (unpaired) electrons. The second-order valence-electron chi connectivity index (χ2n) is 21.3. The standard InChI is InChI=1S/2C31H56O3S.Ca/c2*1-2-3-4-5-6-7-8-9-10-11-12-13-14-15-16-17-18-19-20-21-22-23-24-26-30-27-25-28-31(29-30)35(32,33)34;/h2*25,27-29H,2-24,26H2,1H3,(H,32,33,34);/q;;+2/p-2. The predicted octanol–water partition coefficient (Wildman–Crippen LogP) is 19.9. The zero-order chi connectivity index (χ0) is 50.9. The Hall–Kier alpha value is -0.480. The van der Waals surface area contributed by atoms with Crippen molar-refractivity contribution in [2.45, 2.75) is 332 Å². The van der Waals surface area contributed by atoms with E-state index < -0.39 is 20.2 Å². The summed E-state index contributed by atoms with van der Waals surface area (Å²) in [5, 5.41) is 0. The SMILES string of the molecule is CCCCCCCCCCCCCCCCCCCCCCCCCc1cccc(S(=O)(=O)[O-])c1.CCCCCCCCCCCCCCCCCCCCCCCCCc1cccc(S(=O)(=O)[O-])c1.[Ca+2]. The van der Waals surface area contributed by atoms with Crippen molar-refractivity contribution in [2.75, 3.05) is 0 Å². The van der Waals surface area contributed by atoms with Crippen molar-refractivity contribution in [1.29, 1.82) is 0 Å². The monoisotopic (exact) mass is 1050 g/mol. The molecule has 0 heterocycles. The van der Waals surface area contributed by atoms with Gasteiger partial charge in [0.05, 0.1) is 9.79 Å². The van der Waals surface area contributed by atoms with Crippen LogP contribution in [0.15, 0.2) is 58.3 Å². The van der Waals surface area contributed by atoms with Crippen molar-refractivity contribution in [3.8, 4) is 0 Å². The Bertz CT molecular complexity index is 1530. The van der Waals surface area contributed by atoms with Crippen LogP contribution in [0.5, 0.6) is 0 Å². The molecule has 0 aromatic heterocycles. The summed E-state index contributed by atoms with van der Waals surface area (Å²) in [5.74, 6) is 0. The smallest absolute Gasteiger partial charge is 0.744 e. The van der Waals surface area contributed by atoms with E-state index in [9.17, 15) is 25.9 Å². The first kappa shape index (κ1) is 70.5. The molecule has 408 valence electrons. The summed E-state index contributed by atoms with van der Waals surface area (Å²) in [6.45, 7) is 4.58. The van der Waals surface area contributed by atoms with Crippen LogP contribution < -0.4 is 0 Å². The predicted molar refractivity (Wildman–Crippen MR) is 306 cm³/mol. The van der Waals surface area contributed by atoms with Gasteiger partial charge in [0.1, 0.15) is 20.2 Å². The van der Waals surface area contributed by atoms with E-state index in [0.29, 0.717) is 0 Å². The molecule has 6 nitrogen and oxygen atoms in total. The Labute approximate surface area is 471 Å². The Balaban J connectivity index is 0.00000136. The second kappa shape index (κ2) is 51.6. The molecule has 0 aliphatic heterocycles. The van der Waals surface area contributed by atoms with Crippen molar-refractivity contribution in [3.63, 3.8) is 0 Å². The minimum absolute atomic E-state index is 0. The average Bonchev–Trinajstić information content (AvgIpc) is 3.34. The number of rotatable bonds is 50. The van der Waals surface area contributed by atoms with Crippen molar-refractivity contribution in [3.05, 3.63) is 59.7 Å². The van der Waals surface area contributed by atoms with E-state index in [2.05, 4.69) is 13.8 Å². The Morgan fingerprint density at radius 1 is 0.282 bits per heavy atom. The Morgan fingerprint density at radius 2 is 0.451 bits per heavy atom. The molecule has 0 fully saturated rings. The van der Waals surface area contributed by atoms with Crippen LogP contribution in [0.2, 0.25) is 0 Å². The van der Waals surface area contributed by atoms with Gasteiger partial charge in [-0.25, -0.2) is 16.8 Å². The van der Waals surface area contributed by atoms with Crippen molar-refractivity contribution in [2.24, 2.45) is 0 Å². The van der Waals surface area contributed by atoms with E-state index in [1.54, 1.807) is 12.1 Å². The van der Waals surface area contributed by atoms with Gasteiger partial charge in [-0.1, -0.05) is 321 Å². The number of aryl methyl sites for hydroxylation is 2. The Kier molecular flexibility index (Phi) is 51.3. The minimum Gasteiger partial charge on any atom is -0.744 e. The van der Waals surface area contributed by atoms with Gasteiger partial charge in [0.2, 0.25) is 0 Å². The summed E-state index contributed by atoms with van der Waals surface area (Å²) >= 11 is 0. The van der Waals surface area contributed by atoms with Gasteiger partial charge in [0.25, 0.3) is 0 Å². The van der Waals surface area contributed by atoms with Gasteiger partial charge < -0.3 is 9.11 Å². The zero-order valence-electron chi connectivity index (χ0n) is 46.5. The van der Waals surface area contributed by atoms with Gasteiger partial charge in [0, 0.05) is 0 Å². The maximum absolute atomic E-state index is 11.1. The molecule has 0 saturated carbocycles. The topological polar surface area (TPSA) is 114 Å². The van der Waals surface area contributed by atoms with Crippen LogP contribution in [0.3, 0.4) is 0 Å². The molecule has 71 heavy (non-hydrogen) atoms. The van der Waals surface area contributed by atoms with Crippen LogP contribution in [0.4, 0.5) is 0 Å².